The number of carbonyl (C=O) groups is 2. The third-order valence-corrected chi connectivity index (χ3v) is 4.28. The van der Waals surface area contributed by atoms with Gasteiger partial charge in [0.25, 0.3) is 0 Å². The first-order valence-corrected chi connectivity index (χ1v) is 7.92. The zero-order valence-corrected chi connectivity index (χ0v) is 13.3. The molecule has 122 valence electrons. The first-order valence-electron chi connectivity index (χ1n) is 7.92. The first kappa shape index (κ1) is 16.0. The molecule has 0 radical (unpaired) electrons. The van der Waals surface area contributed by atoms with E-state index >= 15 is 0 Å². The van der Waals surface area contributed by atoms with Crippen molar-refractivity contribution in [3.63, 3.8) is 0 Å². The highest BCUT2D eigenvalue weighted by Crippen LogP contribution is 2.44. The fourth-order valence-corrected chi connectivity index (χ4v) is 3.11. The quantitative estimate of drug-likeness (QED) is 0.652. The molecule has 1 aliphatic rings. The van der Waals surface area contributed by atoms with E-state index in [0.29, 0.717) is 0 Å². The standard InChI is InChI=1S/C20H19NO3/c1-2-14(11-12-22)21-20(23)24-13-19-17-9-5-3-7-15(17)16-8-4-6-10-18(16)19/h2-10,12,14,19H,1,11,13H2,(H,21,23)/t14-/m1/s1. The second-order valence-electron chi connectivity index (χ2n) is 5.71. The number of hydrogen-bond acceptors (Lipinski definition) is 3. The molecule has 0 unspecified atom stereocenters. The average molecular weight is 321 g/mol. The van der Waals surface area contributed by atoms with Crippen LogP contribution in [0.3, 0.4) is 0 Å². The monoisotopic (exact) mass is 321 g/mol. The molecule has 3 rings (SSSR count). The molecule has 2 aromatic carbocycles. The SMILES string of the molecule is C=C[C@H](CC=O)NC(=O)OCC1c2ccccc2-c2ccccc21. The highest BCUT2D eigenvalue weighted by atomic mass is 16.5. The van der Waals surface area contributed by atoms with Gasteiger partial charge in [0.2, 0.25) is 0 Å². The van der Waals surface area contributed by atoms with Crippen LogP contribution in [0.25, 0.3) is 11.1 Å². The Kier molecular flexibility index (Phi) is 4.75. The van der Waals surface area contributed by atoms with Gasteiger partial charge < -0.3 is 14.8 Å². The average Bonchev–Trinajstić information content (AvgIpc) is 2.93. The fourth-order valence-electron chi connectivity index (χ4n) is 3.11. The highest BCUT2D eigenvalue weighted by molar-refractivity contribution is 5.79. The maximum Gasteiger partial charge on any atom is 0.407 e. The molecule has 0 heterocycles. The van der Waals surface area contributed by atoms with Crippen LogP contribution in [0.2, 0.25) is 0 Å². The Balaban J connectivity index is 1.73. The number of aldehydes is 1. The Bertz CT molecular complexity index is 723. The molecule has 1 N–H and O–H groups in total. The number of hydrogen-bond donors (Lipinski definition) is 1. The molecule has 0 fully saturated rings. The van der Waals surface area contributed by atoms with Crippen LogP contribution in [0.15, 0.2) is 61.2 Å². The number of carbonyl (C=O) groups excluding carboxylic acids is 2. The molecular weight excluding hydrogens is 302 g/mol. The van der Waals surface area contributed by atoms with E-state index in [1.807, 2.05) is 24.3 Å². The van der Waals surface area contributed by atoms with Gasteiger partial charge in [-0.2, -0.15) is 0 Å². The van der Waals surface area contributed by atoms with Crippen LogP contribution in [0.5, 0.6) is 0 Å². The molecule has 1 atom stereocenters. The lowest BCUT2D eigenvalue weighted by atomic mass is 9.98. The Morgan fingerprint density at radius 2 is 1.71 bits per heavy atom. The van der Waals surface area contributed by atoms with Crippen molar-refractivity contribution in [2.24, 2.45) is 0 Å². The van der Waals surface area contributed by atoms with E-state index in [2.05, 4.69) is 36.2 Å². The molecule has 24 heavy (non-hydrogen) atoms. The fraction of sp³-hybridized carbons (Fsp3) is 0.200. The molecular formula is C20H19NO3. The lowest BCUT2D eigenvalue weighted by Gasteiger charge is -2.16. The molecule has 0 aromatic heterocycles. The molecule has 0 saturated carbocycles. The third-order valence-electron chi connectivity index (χ3n) is 4.28. The first-order chi connectivity index (χ1) is 11.7. The van der Waals surface area contributed by atoms with Crippen molar-refractivity contribution >= 4 is 12.4 Å². The Labute approximate surface area is 141 Å². The van der Waals surface area contributed by atoms with E-state index in [0.717, 1.165) is 6.29 Å². The van der Waals surface area contributed by atoms with E-state index in [4.69, 9.17) is 4.74 Å². The van der Waals surface area contributed by atoms with Crippen molar-refractivity contribution in [1.82, 2.24) is 5.32 Å². The number of alkyl carbamates (subject to hydrolysis) is 1. The second kappa shape index (κ2) is 7.13. The molecule has 1 aliphatic carbocycles. The van der Waals surface area contributed by atoms with Gasteiger partial charge in [0.1, 0.15) is 12.9 Å². The molecule has 4 nitrogen and oxygen atoms in total. The molecule has 2 aromatic rings. The van der Waals surface area contributed by atoms with Crippen LogP contribution in [0.1, 0.15) is 23.5 Å². The van der Waals surface area contributed by atoms with Crippen LogP contribution >= 0.6 is 0 Å². The van der Waals surface area contributed by atoms with Gasteiger partial charge >= 0.3 is 6.09 Å². The molecule has 0 aliphatic heterocycles. The lowest BCUT2D eigenvalue weighted by Crippen LogP contribution is -2.34. The summed E-state index contributed by atoms with van der Waals surface area (Å²) in [4.78, 5) is 22.5. The summed E-state index contributed by atoms with van der Waals surface area (Å²) in [6.07, 6.45) is 1.92. The van der Waals surface area contributed by atoms with Crippen LogP contribution < -0.4 is 5.32 Å². The summed E-state index contributed by atoms with van der Waals surface area (Å²) >= 11 is 0. The maximum absolute atomic E-state index is 12.0. The Morgan fingerprint density at radius 1 is 1.12 bits per heavy atom. The summed E-state index contributed by atoms with van der Waals surface area (Å²) in [6.45, 7) is 3.86. The molecule has 0 spiro atoms. The lowest BCUT2D eigenvalue weighted by molar-refractivity contribution is -0.108. The van der Waals surface area contributed by atoms with Crippen LogP contribution in [0.4, 0.5) is 4.79 Å². The smallest absolute Gasteiger partial charge is 0.407 e. The zero-order chi connectivity index (χ0) is 16.9. The van der Waals surface area contributed by atoms with E-state index in [1.165, 1.54) is 28.3 Å². The summed E-state index contributed by atoms with van der Waals surface area (Å²) in [5, 5.41) is 2.63. The van der Waals surface area contributed by atoms with Crippen molar-refractivity contribution in [3.05, 3.63) is 72.3 Å². The van der Waals surface area contributed by atoms with Gasteiger partial charge in [-0.1, -0.05) is 54.6 Å². The van der Waals surface area contributed by atoms with Gasteiger partial charge in [0, 0.05) is 12.3 Å². The number of nitrogens with one attached hydrogen (secondary N) is 1. The normalized spacial score (nSPS) is 13.5. The minimum atomic E-state index is -0.538. The zero-order valence-electron chi connectivity index (χ0n) is 13.3. The van der Waals surface area contributed by atoms with E-state index in [1.54, 1.807) is 0 Å². The molecule has 0 bridgehead atoms. The highest BCUT2D eigenvalue weighted by Gasteiger charge is 2.29. The van der Waals surface area contributed by atoms with Gasteiger partial charge in [-0.25, -0.2) is 4.79 Å². The Hall–Kier alpha value is -2.88. The minimum Gasteiger partial charge on any atom is -0.449 e. The van der Waals surface area contributed by atoms with Gasteiger partial charge in [0.05, 0.1) is 6.04 Å². The molecule has 0 saturated heterocycles. The van der Waals surface area contributed by atoms with Crippen LogP contribution in [-0.2, 0) is 9.53 Å². The van der Waals surface area contributed by atoms with E-state index < -0.39 is 12.1 Å². The van der Waals surface area contributed by atoms with Crippen molar-refractivity contribution in [2.75, 3.05) is 6.61 Å². The topological polar surface area (TPSA) is 55.4 Å². The summed E-state index contributed by atoms with van der Waals surface area (Å²) in [5.74, 6) is 0.0244. The van der Waals surface area contributed by atoms with Gasteiger partial charge in [0.15, 0.2) is 0 Å². The minimum absolute atomic E-state index is 0.0244. The molecule has 4 heteroatoms. The van der Waals surface area contributed by atoms with Crippen molar-refractivity contribution < 1.29 is 14.3 Å². The summed E-state index contributed by atoms with van der Waals surface area (Å²) in [7, 11) is 0. The Morgan fingerprint density at radius 3 is 2.25 bits per heavy atom. The van der Waals surface area contributed by atoms with E-state index in [-0.39, 0.29) is 18.9 Å². The number of rotatable bonds is 6. The van der Waals surface area contributed by atoms with Gasteiger partial charge in [-0.15, -0.1) is 6.58 Å². The van der Waals surface area contributed by atoms with Crippen molar-refractivity contribution in [1.29, 1.82) is 0 Å². The van der Waals surface area contributed by atoms with Crippen LogP contribution in [-0.4, -0.2) is 25.0 Å². The number of fused-ring (bicyclic) bond motifs is 3. The van der Waals surface area contributed by atoms with Crippen molar-refractivity contribution in [3.8, 4) is 11.1 Å². The van der Waals surface area contributed by atoms with Gasteiger partial charge in [-0.05, 0) is 22.3 Å². The summed E-state index contributed by atoms with van der Waals surface area (Å²) in [5.41, 5.74) is 4.71. The maximum atomic E-state index is 12.0. The predicted octanol–water partition coefficient (Wildman–Crippen LogP) is 3.67. The number of ether oxygens (including phenoxy) is 1. The van der Waals surface area contributed by atoms with Crippen LogP contribution in [0, 0.1) is 0 Å². The van der Waals surface area contributed by atoms with Gasteiger partial charge in [-0.3, -0.25) is 0 Å². The predicted molar refractivity (Wildman–Crippen MR) is 92.9 cm³/mol. The largest absolute Gasteiger partial charge is 0.449 e. The summed E-state index contributed by atoms with van der Waals surface area (Å²) in [6, 6.07) is 15.9. The van der Waals surface area contributed by atoms with Crippen molar-refractivity contribution in [2.45, 2.75) is 18.4 Å². The number of benzene rings is 2. The number of amides is 1. The second-order valence-corrected chi connectivity index (χ2v) is 5.71. The summed E-state index contributed by atoms with van der Waals surface area (Å²) < 4.78 is 5.40. The molecule has 1 amide bonds. The van der Waals surface area contributed by atoms with E-state index in [9.17, 15) is 9.59 Å². The third kappa shape index (κ3) is 3.08.